The van der Waals surface area contributed by atoms with Crippen LogP contribution in [0.4, 0.5) is 0 Å². The summed E-state index contributed by atoms with van der Waals surface area (Å²) >= 11 is 8.59. The molecule has 3 rings (SSSR count). The van der Waals surface area contributed by atoms with Gasteiger partial charge in [0.2, 0.25) is 0 Å². The minimum absolute atomic E-state index is 0.110. The second kappa shape index (κ2) is 6.31. The molecule has 5 nitrogen and oxygen atoms in total. The normalized spacial score (nSPS) is 12.9. The summed E-state index contributed by atoms with van der Waals surface area (Å²) in [5.41, 5.74) is 2.14. The second-order valence-corrected chi connectivity index (χ2v) is 6.79. The van der Waals surface area contributed by atoms with E-state index in [9.17, 15) is 0 Å². The van der Waals surface area contributed by atoms with E-state index in [1.54, 1.807) is 6.20 Å². The molecular formula is C14H15ClIN5. The fraction of sp³-hybridized carbons (Fsp3) is 0.357. The second-order valence-electron chi connectivity index (χ2n) is 4.89. The Labute approximate surface area is 141 Å². The number of hydrogen-bond donors (Lipinski definition) is 0. The zero-order chi connectivity index (χ0) is 14.8. The van der Waals surface area contributed by atoms with Crippen molar-refractivity contribution in [2.75, 3.05) is 0 Å². The number of alkyl halides is 1. The Morgan fingerprint density at radius 1 is 1.33 bits per heavy atom. The van der Waals surface area contributed by atoms with Gasteiger partial charge in [0, 0.05) is 22.9 Å². The van der Waals surface area contributed by atoms with E-state index in [0.29, 0.717) is 0 Å². The molecule has 3 aromatic rings. The maximum atomic E-state index is 6.29. The van der Waals surface area contributed by atoms with E-state index in [2.05, 4.69) is 60.7 Å². The van der Waals surface area contributed by atoms with Gasteiger partial charge in [0.1, 0.15) is 5.82 Å². The first kappa shape index (κ1) is 14.8. The predicted octanol–water partition coefficient (Wildman–Crippen LogP) is 3.62. The number of halogens is 2. The topological polar surface area (TPSA) is 48.5 Å². The number of aromatic nitrogens is 5. The molecule has 2 aromatic heterocycles. The van der Waals surface area contributed by atoms with Crippen molar-refractivity contribution in [1.29, 1.82) is 0 Å². The number of hydrogen-bond acceptors (Lipinski definition) is 3. The summed E-state index contributed by atoms with van der Waals surface area (Å²) in [7, 11) is 0. The maximum absolute atomic E-state index is 6.29. The summed E-state index contributed by atoms with van der Waals surface area (Å²) in [5.74, 6) is 0.923. The summed E-state index contributed by atoms with van der Waals surface area (Å²) in [6.45, 7) is 3.66. The monoisotopic (exact) mass is 415 g/mol. The molecule has 0 saturated carbocycles. The van der Waals surface area contributed by atoms with E-state index in [-0.39, 0.29) is 5.38 Å². The van der Waals surface area contributed by atoms with Crippen LogP contribution in [0.5, 0.6) is 0 Å². The zero-order valence-electron chi connectivity index (χ0n) is 11.6. The Hall–Kier alpha value is -1.15. The summed E-state index contributed by atoms with van der Waals surface area (Å²) in [4.78, 5) is 4.68. The van der Waals surface area contributed by atoms with Crippen molar-refractivity contribution in [3.8, 4) is 0 Å². The molecule has 0 saturated heterocycles. The van der Waals surface area contributed by atoms with Gasteiger partial charge in [-0.25, -0.2) is 4.98 Å². The van der Waals surface area contributed by atoms with E-state index in [1.807, 2.05) is 17.8 Å². The molecule has 0 bridgehead atoms. The molecule has 0 aliphatic heterocycles. The molecular weight excluding hydrogens is 401 g/mol. The van der Waals surface area contributed by atoms with E-state index in [0.717, 1.165) is 36.4 Å². The van der Waals surface area contributed by atoms with E-state index >= 15 is 0 Å². The van der Waals surface area contributed by atoms with Crippen LogP contribution in [-0.4, -0.2) is 24.5 Å². The summed E-state index contributed by atoms with van der Waals surface area (Å²) in [6, 6.07) is 6.30. The lowest BCUT2D eigenvalue weighted by Gasteiger charge is -2.10. The molecule has 0 amide bonds. The van der Waals surface area contributed by atoms with Gasteiger partial charge in [-0.1, -0.05) is 5.21 Å². The lowest BCUT2D eigenvalue weighted by molar-refractivity contribution is 0.511. The highest BCUT2D eigenvalue weighted by atomic mass is 127. The minimum atomic E-state index is -0.110. The van der Waals surface area contributed by atoms with Gasteiger partial charge in [0.05, 0.1) is 22.6 Å². The number of benzene rings is 1. The van der Waals surface area contributed by atoms with Crippen molar-refractivity contribution in [2.45, 2.75) is 31.8 Å². The molecule has 1 atom stereocenters. The molecule has 0 N–H and O–H groups in total. The van der Waals surface area contributed by atoms with Crippen molar-refractivity contribution < 1.29 is 0 Å². The fourth-order valence-electron chi connectivity index (χ4n) is 2.40. The number of imidazole rings is 1. The number of fused-ring (bicyclic) bond motifs is 1. The molecule has 0 aliphatic carbocycles. The number of nitrogens with zero attached hydrogens (tertiary/aromatic N) is 5. The van der Waals surface area contributed by atoms with Crippen LogP contribution in [0.3, 0.4) is 0 Å². The van der Waals surface area contributed by atoms with Crippen LogP contribution in [-0.2, 0) is 13.1 Å². The molecule has 0 radical (unpaired) electrons. The lowest BCUT2D eigenvalue weighted by Crippen LogP contribution is -2.08. The van der Waals surface area contributed by atoms with Gasteiger partial charge in [-0.2, -0.15) is 0 Å². The van der Waals surface area contributed by atoms with Crippen molar-refractivity contribution in [2.24, 2.45) is 0 Å². The third kappa shape index (κ3) is 3.21. The predicted molar refractivity (Wildman–Crippen MR) is 91.4 cm³/mol. The molecule has 1 aromatic carbocycles. The molecule has 2 heterocycles. The van der Waals surface area contributed by atoms with Gasteiger partial charge < -0.3 is 4.57 Å². The Kier molecular flexibility index (Phi) is 4.44. The van der Waals surface area contributed by atoms with Crippen LogP contribution in [0.15, 0.2) is 30.6 Å². The van der Waals surface area contributed by atoms with Crippen LogP contribution in [0, 0.1) is 3.57 Å². The van der Waals surface area contributed by atoms with Gasteiger partial charge in [-0.3, -0.25) is 4.68 Å². The first-order valence-electron chi connectivity index (χ1n) is 6.79. The minimum Gasteiger partial charge on any atom is -0.327 e. The molecule has 0 fully saturated rings. The van der Waals surface area contributed by atoms with Crippen molar-refractivity contribution >= 4 is 45.2 Å². The van der Waals surface area contributed by atoms with Gasteiger partial charge in [0.25, 0.3) is 0 Å². The van der Waals surface area contributed by atoms with Crippen LogP contribution in [0.1, 0.15) is 24.5 Å². The SMILES string of the molecule is CC(Cl)c1nc2cc(I)ccc2n1CCCn1ccnn1. The highest BCUT2D eigenvalue weighted by molar-refractivity contribution is 14.1. The average molecular weight is 416 g/mol. The molecule has 110 valence electrons. The summed E-state index contributed by atoms with van der Waals surface area (Å²) < 4.78 is 5.23. The van der Waals surface area contributed by atoms with Crippen LogP contribution in [0.25, 0.3) is 11.0 Å². The van der Waals surface area contributed by atoms with Crippen molar-refractivity contribution in [3.05, 3.63) is 40.0 Å². The van der Waals surface area contributed by atoms with E-state index in [4.69, 9.17) is 11.6 Å². The largest absolute Gasteiger partial charge is 0.327 e. The standard InChI is InChI=1S/C14H15ClIN5/c1-10(15)14-18-12-9-11(16)3-4-13(12)21(14)7-2-6-20-8-5-17-19-20/h3-5,8-10H,2,6-7H2,1H3. The fourth-order valence-corrected chi connectivity index (χ4v) is 3.04. The Morgan fingerprint density at radius 3 is 2.90 bits per heavy atom. The Morgan fingerprint density at radius 2 is 2.19 bits per heavy atom. The van der Waals surface area contributed by atoms with Crippen molar-refractivity contribution in [3.63, 3.8) is 0 Å². The van der Waals surface area contributed by atoms with Gasteiger partial charge in [0.15, 0.2) is 0 Å². The highest BCUT2D eigenvalue weighted by Crippen LogP contribution is 2.26. The van der Waals surface area contributed by atoms with E-state index in [1.165, 1.54) is 3.57 Å². The smallest absolute Gasteiger partial charge is 0.127 e. The first-order chi connectivity index (χ1) is 10.1. The highest BCUT2D eigenvalue weighted by Gasteiger charge is 2.14. The summed E-state index contributed by atoms with van der Waals surface area (Å²) in [6.07, 6.45) is 4.53. The van der Waals surface area contributed by atoms with Gasteiger partial charge in [-0.05, 0) is 54.1 Å². The molecule has 0 aliphatic rings. The third-order valence-electron chi connectivity index (χ3n) is 3.34. The summed E-state index contributed by atoms with van der Waals surface area (Å²) in [5, 5.41) is 7.69. The molecule has 1 unspecified atom stereocenters. The zero-order valence-corrected chi connectivity index (χ0v) is 14.5. The number of rotatable bonds is 5. The van der Waals surface area contributed by atoms with Crippen molar-refractivity contribution in [1.82, 2.24) is 24.5 Å². The Bertz CT molecular complexity index is 735. The Balaban J connectivity index is 1.86. The molecule has 7 heteroatoms. The first-order valence-corrected chi connectivity index (χ1v) is 8.30. The number of aryl methyl sites for hydroxylation is 2. The average Bonchev–Trinajstić information content (AvgIpc) is 3.06. The quantitative estimate of drug-likeness (QED) is 0.472. The van der Waals surface area contributed by atoms with Crippen LogP contribution >= 0.6 is 34.2 Å². The van der Waals surface area contributed by atoms with Gasteiger partial charge >= 0.3 is 0 Å². The third-order valence-corrected chi connectivity index (χ3v) is 4.20. The van der Waals surface area contributed by atoms with Gasteiger partial charge in [-0.15, -0.1) is 16.7 Å². The van der Waals surface area contributed by atoms with Crippen LogP contribution in [0.2, 0.25) is 0 Å². The molecule has 0 spiro atoms. The van der Waals surface area contributed by atoms with Crippen LogP contribution < -0.4 is 0 Å². The van der Waals surface area contributed by atoms with E-state index < -0.39 is 0 Å². The molecule has 21 heavy (non-hydrogen) atoms. The maximum Gasteiger partial charge on any atom is 0.127 e. The lowest BCUT2D eigenvalue weighted by atomic mass is 10.3.